The molecule has 2 N–H and O–H groups in total. The summed E-state index contributed by atoms with van der Waals surface area (Å²) in [6.07, 6.45) is 0. The fourth-order valence-electron chi connectivity index (χ4n) is 3.49. The van der Waals surface area contributed by atoms with E-state index in [1.54, 1.807) is 7.11 Å². The van der Waals surface area contributed by atoms with Crippen LogP contribution in [-0.4, -0.2) is 40.1 Å². The fraction of sp³-hybridized carbons (Fsp3) is 0.273. The Morgan fingerprint density at radius 1 is 1.14 bits per heavy atom. The van der Waals surface area contributed by atoms with E-state index in [4.69, 9.17) is 15.5 Å². The smallest absolute Gasteiger partial charge is 0.152 e. The molecule has 0 bridgehead atoms. The largest absolute Gasteiger partial charge is 0.497 e. The van der Waals surface area contributed by atoms with Crippen LogP contribution in [0, 0.1) is 0 Å². The Bertz CT molecular complexity index is 1170. The zero-order chi connectivity index (χ0) is 20.5. The lowest BCUT2D eigenvalue weighted by molar-refractivity contribution is 0.332. The second kappa shape index (κ2) is 8.00. The molecule has 2 aromatic carbocycles. The van der Waals surface area contributed by atoms with Crippen molar-refractivity contribution in [2.24, 2.45) is 0 Å². The maximum Gasteiger partial charge on any atom is 0.152 e. The molecule has 0 aliphatic heterocycles. The molecule has 4 aromatic rings. The normalized spacial score (nSPS) is 11.6. The highest BCUT2D eigenvalue weighted by Gasteiger charge is 2.18. The Morgan fingerprint density at radius 2 is 1.90 bits per heavy atom. The van der Waals surface area contributed by atoms with E-state index in [0.717, 1.165) is 51.1 Å². The standard InChI is InChI=1S/C22H24BrN5O/c1-4-27(2)13-19-26-20-21(17-10-7-15(23)11-18(17)25-22(20)24)28(19)12-14-5-8-16(29-3)9-6-14/h5-11H,4,12-13H2,1-3H3,(H2,24,25). The summed E-state index contributed by atoms with van der Waals surface area (Å²) in [5, 5.41) is 1.05. The molecular formula is C22H24BrN5O. The van der Waals surface area contributed by atoms with Crippen molar-refractivity contribution in [1.82, 2.24) is 19.4 Å². The summed E-state index contributed by atoms with van der Waals surface area (Å²) in [5.74, 6) is 2.28. The maximum absolute atomic E-state index is 6.32. The first-order valence-corrected chi connectivity index (χ1v) is 10.3. The molecule has 0 fully saturated rings. The lowest BCUT2D eigenvalue weighted by Gasteiger charge is -2.16. The van der Waals surface area contributed by atoms with Crippen molar-refractivity contribution in [2.75, 3.05) is 26.4 Å². The topological polar surface area (TPSA) is 69.2 Å². The summed E-state index contributed by atoms with van der Waals surface area (Å²) in [5.41, 5.74) is 10.1. The van der Waals surface area contributed by atoms with Gasteiger partial charge >= 0.3 is 0 Å². The Labute approximate surface area is 178 Å². The Hall–Kier alpha value is -2.64. The van der Waals surface area contributed by atoms with Gasteiger partial charge in [-0.25, -0.2) is 9.97 Å². The molecule has 0 amide bonds. The Kier molecular flexibility index (Phi) is 5.43. The van der Waals surface area contributed by atoms with Crippen LogP contribution in [0.1, 0.15) is 18.3 Å². The minimum atomic E-state index is 0.458. The van der Waals surface area contributed by atoms with E-state index in [2.05, 4.69) is 62.6 Å². The summed E-state index contributed by atoms with van der Waals surface area (Å²) in [4.78, 5) is 11.7. The molecule has 0 aliphatic carbocycles. The molecule has 0 saturated carbocycles. The summed E-state index contributed by atoms with van der Waals surface area (Å²) in [6, 6.07) is 14.2. The van der Waals surface area contributed by atoms with Crippen molar-refractivity contribution in [3.05, 3.63) is 58.3 Å². The number of imidazole rings is 1. The van der Waals surface area contributed by atoms with Crippen LogP contribution in [0.3, 0.4) is 0 Å². The third-order valence-electron chi connectivity index (χ3n) is 5.20. The fourth-order valence-corrected chi connectivity index (χ4v) is 3.84. The van der Waals surface area contributed by atoms with Crippen molar-refractivity contribution in [2.45, 2.75) is 20.0 Å². The van der Waals surface area contributed by atoms with Gasteiger partial charge in [-0.15, -0.1) is 0 Å². The number of nitrogen functional groups attached to an aromatic ring is 1. The summed E-state index contributed by atoms with van der Waals surface area (Å²) in [7, 11) is 3.77. The number of fused-ring (bicyclic) bond motifs is 3. The van der Waals surface area contributed by atoms with Crippen molar-refractivity contribution >= 4 is 43.7 Å². The minimum Gasteiger partial charge on any atom is -0.497 e. The summed E-state index contributed by atoms with van der Waals surface area (Å²) >= 11 is 3.53. The number of rotatable bonds is 6. The van der Waals surface area contributed by atoms with Gasteiger partial charge in [0.15, 0.2) is 5.82 Å². The third-order valence-corrected chi connectivity index (χ3v) is 5.69. The van der Waals surface area contributed by atoms with Gasteiger partial charge in [0.05, 0.1) is 24.7 Å². The number of aromatic nitrogens is 3. The molecule has 7 heteroatoms. The molecule has 0 atom stereocenters. The van der Waals surface area contributed by atoms with Crippen LogP contribution in [0.4, 0.5) is 5.82 Å². The van der Waals surface area contributed by atoms with Crippen LogP contribution in [0.15, 0.2) is 46.9 Å². The molecule has 0 radical (unpaired) electrons. The highest BCUT2D eigenvalue weighted by molar-refractivity contribution is 9.10. The lowest BCUT2D eigenvalue weighted by atomic mass is 10.1. The highest BCUT2D eigenvalue weighted by atomic mass is 79.9. The van der Waals surface area contributed by atoms with Crippen LogP contribution in [0.2, 0.25) is 0 Å². The SMILES string of the molecule is CCN(C)Cc1nc2c(N)nc3cc(Br)ccc3c2n1Cc1ccc(OC)cc1. The van der Waals surface area contributed by atoms with Gasteiger partial charge in [0.1, 0.15) is 17.1 Å². The van der Waals surface area contributed by atoms with E-state index < -0.39 is 0 Å². The Morgan fingerprint density at radius 3 is 2.59 bits per heavy atom. The number of halogens is 1. The molecule has 0 saturated heterocycles. The summed E-state index contributed by atoms with van der Waals surface area (Å²) in [6.45, 7) is 4.51. The molecule has 0 aliphatic rings. The molecule has 6 nitrogen and oxygen atoms in total. The number of nitrogens with two attached hydrogens (primary N) is 1. The first-order chi connectivity index (χ1) is 14.0. The highest BCUT2D eigenvalue weighted by Crippen LogP contribution is 2.31. The maximum atomic E-state index is 6.32. The number of anilines is 1. The number of hydrogen-bond donors (Lipinski definition) is 1. The van der Waals surface area contributed by atoms with Gasteiger partial charge in [-0.3, -0.25) is 4.90 Å². The minimum absolute atomic E-state index is 0.458. The monoisotopic (exact) mass is 453 g/mol. The summed E-state index contributed by atoms with van der Waals surface area (Å²) < 4.78 is 8.53. The van der Waals surface area contributed by atoms with E-state index >= 15 is 0 Å². The number of ether oxygens (including phenoxy) is 1. The molecule has 4 rings (SSSR count). The lowest BCUT2D eigenvalue weighted by Crippen LogP contribution is -2.20. The third kappa shape index (κ3) is 3.80. The van der Waals surface area contributed by atoms with Crippen molar-refractivity contribution < 1.29 is 4.74 Å². The molecule has 2 aromatic heterocycles. The number of benzene rings is 2. The first-order valence-electron chi connectivity index (χ1n) is 9.55. The predicted octanol–water partition coefficient (Wildman–Crippen LogP) is 4.44. The number of nitrogens with zero attached hydrogens (tertiary/aromatic N) is 4. The second-order valence-corrected chi connectivity index (χ2v) is 8.06. The molecule has 2 heterocycles. The zero-order valence-electron chi connectivity index (χ0n) is 16.8. The van der Waals surface area contributed by atoms with Crippen LogP contribution in [0.25, 0.3) is 21.9 Å². The number of pyridine rings is 1. The van der Waals surface area contributed by atoms with Crippen LogP contribution in [0.5, 0.6) is 5.75 Å². The zero-order valence-corrected chi connectivity index (χ0v) is 18.4. The molecule has 0 unspecified atom stereocenters. The van der Waals surface area contributed by atoms with Gasteiger partial charge in [-0.1, -0.05) is 35.0 Å². The van der Waals surface area contributed by atoms with Gasteiger partial charge in [-0.2, -0.15) is 0 Å². The first kappa shape index (κ1) is 19.7. The molecule has 29 heavy (non-hydrogen) atoms. The molecular weight excluding hydrogens is 430 g/mol. The molecule has 150 valence electrons. The average Bonchev–Trinajstić information content (AvgIpc) is 3.07. The van der Waals surface area contributed by atoms with E-state index in [1.165, 1.54) is 5.56 Å². The van der Waals surface area contributed by atoms with Gasteiger partial charge in [0.2, 0.25) is 0 Å². The van der Waals surface area contributed by atoms with Gasteiger partial charge in [0.25, 0.3) is 0 Å². The van der Waals surface area contributed by atoms with Gasteiger partial charge < -0.3 is 15.0 Å². The predicted molar refractivity (Wildman–Crippen MR) is 121 cm³/mol. The second-order valence-electron chi connectivity index (χ2n) is 7.15. The average molecular weight is 454 g/mol. The van der Waals surface area contributed by atoms with E-state index in [1.807, 2.05) is 24.3 Å². The van der Waals surface area contributed by atoms with Gasteiger partial charge in [-0.05, 0) is 49.5 Å². The van der Waals surface area contributed by atoms with Crippen LogP contribution in [-0.2, 0) is 13.1 Å². The quantitative estimate of drug-likeness (QED) is 0.467. The van der Waals surface area contributed by atoms with E-state index in [0.29, 0.717) is 12.4 Å². The van der Waals surface area contributed by atoms with E-state index in [9.17, 15) is 0 Å². The van der Waals surface area contributed by atoms with Crippen LogP contribution < -0.4 is 10.5 Å². The van der Waals surface area contributed by atoms with Crippen LogP contribution >= 0.6 is 15.9 Å². The number of methoxy groups -OCH3 is 1. The van der Waals surface area contributed by atoms with Crippen molar-refractivity contribution in [1.29, 1.82) is 0 Å². The van der Waals surface area contributed by atoms with Gasteiger partial charge in [0, 0.05) is 16.4 Å². The number of hydrogen-bond acceptors (Lipinski definition) is 5. The van der Waals surface area contributed by atoms with Crippen molar-refractivity contribution in [3.63, 3.8) is 0 Å². The van der Waals surface area contributed by atoms with E-state index in [-0.39, 0.29) is 0 Å². The van der Waals surface area contributed by atoms with Crippen molar-refractivity contribution in [3.8, 4) is 5.75 Å². The molecule has 0 spiro atoms. The Balaban J connectivity index is 1.93.